The number of halogens is 3. The lowest BCUT2D eigenvalue weighted by atomic mass is 10.1. The van der Waals surface area contributed by atoms with Crippen LogP contribution >= 0.6 is 34.8 Å². The van der Waals surface area contributed by atoms with E-state index < -0.39 is 0 Å². The number of aromatic nitrogens is 1. The van der Waals surface area contributed by atoms with Crippen LogP contribution < -0.4 is 10.3 Å². The Morgan fingerprint density at radius 1 is 1.08 bits per heavy atom. The fraction of sp³-hybridized carbons (Fsp3) is 0.526. The number of alkyl halides is 1. The van der Waals surface area contributed by atoms with Crippen molar-refractivity contribution in [2.24, 2.45) is 0 Å². The second-order valence-electron chi connectivity index (χ2n) is 6.03. The molecule has 1 atom stereocenters. The van der Waals surface area contributed by atoms with Gasteiger partial charge in [0.1, 0.15) is 5.75 Å². The summed E-state index contributed by atoms with van der Waals surface area (Å²) >= 11 is 19.0. The molecule has 0 bridgehead atoms. The number of fused-ring (bicyclic) bond motifs is 1. The van der Waals surface area contributed by atoms with Gasteiger partial charge in [-0.25, -0.2) is 0 Å². The maximum atomic E-state index is 13.0. The van der Waals surface area contributed by atoms with Gasteiger partial charge in [0.25, 0.3) is 5.56 Å². The molecule has 2 rings (SSSR count). The SMILES string of the molecule is CCCCOc1c(C(Cl)CCC)n(CC)c(=O)c2cc(Cl)c(Cl)cc12. The van der Waals surface area contributed by atoms with Crippen LogP contribution in [0.25, 0.3) is 10.8 Å². The first-order chi connectivity index (χ1) is 12.0. The summed E-state index contributed by atoms with van der Waals surface area (Å²) in [5.74, 6) is 0.650. The minimum atomic E-state index is -0.298. The van der Waals surface area contributed by atoms with Gasteiger partial charge in [0.05, 0.1) is 33.1 Å². The standard InChI is InChI=1S/C19H24Cl3NO2/c1-4-7-9-25-18-12-10-15(21)16(22)11-13(12)19(24)23(6-3)17(18)14(20)8-5-2/h10-11,14H,4-9H2,1-3H3. The molecule has 0 saturated carbocycles. The van der Waals surface area contributed by atoms with Crippen LogP contribution in [-0.2, 0) is 6.54 Å². The predicted octanol–water partition coefficient (Wildman–Crippen LogP) is 6.59. The van der Waals surface area contributed by atoms with E-state index in [1.165, 1.54) is 0 Å². The Hall–Kier alpha value is -0.900. The minimum Gasteiger partial charge on any atom is -0.491 e. The van der Waals surface area contributed by atoms with Crippen molar-refractivity contribution in [2.45, 2.75) is 58.4 Å². The number of benzene rings is 1. The Bertz CT molecular complexity index is 802. The molecule has 6 heteroatoms. The Kier molecular flexibility index (Phi) is 7.48. The highest BCUT2D eigenvalue weighted by molar-refractivity contribution is 6.42. The summed E-state index contributed by atoms with van der Waals surface area (Å²) in [5.41, 5.74) is 0.619. The first-order valence-electron chi connectivity index (χ1n) is 8.78. The minimum absolute atomic E-state index is 0.115. The van der Waals surface area contributed by atoms with E-state index in [9.17, 15) is 4.79 Å². The summed E-state index contributed by atoms with van der Waals surface area (Å²) in [6.45, 7) is 7.18. The second-order valence-corrected chi connectivity index (χ2v) is 7.38. The van der Waals surface area contributed by atoms with Crippen LogP contribution in [0.5, 0.6) is 5.75 Å². The van der Waals surface area contributed by atoms with Crippen LogP contribution in [0.4, 0.5) is 0 Å². The normalized spacial score (nSPS) is 12.6. The molecule has 1 heterocycles. The molecular weight excluding hydrogens is 381 g/mol. The van der Waals surface area contributed by atoms with Crippen molar-refractivity contribution in [3.8, 4) is 5.75 Å². The second kappa shape index (κ2) is 9.16. The Morgan fingerprint density at radius 2 is 1.72 bits per heavy atom. The third-order valence-corrected chi connectivity index (χ3v) is 5.35. The van der Waals surface area contributed by atoms with E-state index in [1.807, 2.05) is 6.92 Å². The highest BCUT2D eigenvalue weighted by atomic mass is 35.5. The lowest BCUT2D eigenvalue weighted by Crippen LogP contribution is -2.25. The van der Waals surface area contributed by atoms with E-state index in [0.717, 1.165) is 31.4 Å². The number of ether oxygens (including phenoxy) is 1. The first kappa shape index (κ1) is 20.4. The van der Waals surface area contributed by atoms with Gasteiger partial charge < -0.3 is 9.30 Å². The van der Waals surface area contributed by atoms with Crippen molar-refractivity contribution in [2.75, 3.05) is 6.61 Å². The first-order valence-corrected chi connectivity index (χ1v) is 9.97. The van der Waals surface area contributed by atoms with Crippen molar-refractivity contribution < 1.29 is 4.74 Å². The van der Waals surface area contributed by atoms with Crippen LogP contribution in [0, 0.1) is 0 Å². The third kappa shape index (κ3) is 4.27. The smallest absolute Gasteiger partial charge is 0.258 e. The molecular formula is C19H24Cl3NO2. The van der Waals surface area contributed by atoms with E-state index in [0.29, 0.717) is 39.7 Å². The van der Waals surface area contributed by atoms with Gasteiger partial charge in [0.2, 0.25) is 0 Å². The fourth-order valence-electron chi connectivity index (χ4n) is 2.91. The summed E-state index contributed by atoms with van der Waals surface area (Å²) in [6.07, 6.45) is 3.62. The summed E-state index contributed by atoms with van der Waals surface area (Å²) in [6, 6.07) is 3.33. The Labute approximate surface area is 163 Å². The number of hydrogen-bond donors (Lipinski definition) is 0. The van der Waals surface area contributed by atoms with Gasteiger partial charge in [0, 0.05) is 11.9 Å². The lowest BCUT2D eigenvalue weighted by molar-refractivity contribution is 0.305. The molecule has 0 amide bonds. The van der Waals surface area contributed by atoms with Crippen LogP contribution in [-0.4, -0.2) is 11.2 Å². The summed E-state index contributed by atoms with van der Waals surface area (Å²) in [5, 5.41) is 1.64. The predicted molar refractivity (Wildman–Crippen MR) is 108 cm³/mol. The fourth-order valence-corrected chi connectivity index (χ4v) is 3.68. The number of rotatable bonds is 8. The Morgan fingerprint density at radius 3 is 2.28 bits per heavy atom. The van der Waals surface area contributed by atoms with E-state index in [-0.39, 0.29) is 10.9 Å². The third-order valence-electron chi connectivity index (χ3n) is 4.20. The number of pyridine rings is 1. The van der Waals surface area contributed by atoms with E-state index in [2.05, 4.69) is 13.8 Å². The molecule has 2 aromatic rings. The summed E-state index contributed by atoms with van der Waals surface area (Å²) < 4.78 is 7.80. The zero-order chi connectivity index (χ0) is 18.6. The van der Waals surface area contributed by atoms with Crippen LogP contribution in [0.2, 0.25) is 10.0 Å². The van der Waals surface area contributed by atoms with Crippen molar-refractivity contribution >= 4 is 45.6 Å². The van der Waals surface area contributed by atoms with Crippen molar-refractivity contribution in [1.29, 1.82) is 0 Å². The van der Waals surface area contributed by atoms with Gasteiger partial charge in [-0.2, -0.15) is 0 Å². The van der Waals surface area contributed by atoms with Crippen LogP contribution in [0.1, 0.15) is 57.5 Å². The number of unbranched alkanes of at least 4 members (excludes halogenated alkanes) is 1. The topological polar surface area (TPSA) is 31.2 Å². The molecule has 1 aromatic heterocycles. The van der Waals surface area contributed by atoms with Gasteiger partial charge >= 0.3 is 0 Å². The molecule has 0 aliphatic rings. The molecule has 3 nitrogen and oxygen atoms in total. The zero-order valence-electron chi connectivity index (χ0n) is 14.9. The molecule has 0 N–H and O–H groups in total. The van der Waals surface area contributed by atoms with Gasteiger partial charge in [0.15, 0.2) is 0 Å². The summed E-state index contributed by atoms with van der Waals surface area (Å²) in [4.78, 5) is 13.0. The average molecular weight is 405 g/mol. The summed E-state index contributed by atoms with van der Waals surface area (Å²) in [7, 11) is 0. The average Bonchev–Trinajstić information content (AvgIpc) is 2.58. The molecule has 0 radical (unpaired) electrons. The molecule has 138 valence electrons. The molecule has 0 spiro atoms. The van der Waals surface area contributed by atoms with Gasteiger partial charge in [-0.15, -0.1) is 11.6 Å². The van der Waals surface area contributed by atoms with Gasteiger partial charge in [-0.1, -0.05) is 49.9 Å². The molecule has 0 aliphatic carbocycles. The monoisotopic (exact) mass is 403 g/mol. The highest BCUT2D eigenvalue weighted by Crippen LogP contribution is 2.39. The van der Waals surface area contributed by atoms with E-state index >= 15 is 0 Å². The van der Waals surface area contributed by atoms with Gasteiger partial charge in [-0.3, -0.25) is 4.79 Å². The van der Waals surface area contributed by atoms with Crippen LogP contribution in [0.15, 0.2) is 16.9 Å². The number of nitrogens with zero attached hydrogens (tertiary/aromatic N) is 1. The van der Waals surface area contributed by atoms with Crippen molar-refractivity contribution in [3.63, 3.8) is 0 Å². The van der Waals surface area contributed by atoms with E-state index in [1.54, 1.807) is 16.7 Å². The lowest BCUT2D eigenvalue weighted by Gasteiger charge is -2.22. The molecule has 1 unspecified atom stereocenters. The quantitative estimate of drug-likeness (QED) is 0.367. The van der Waals surface area contributed by atoms with Crippen LogP contribution in [0.3, 0.4) is 0 Å². The molecule has 1 aromatic carbocycles. The zero-order valence-corrected chi connectivity index (χ0v) is 17.1. The van der Waals surface area contributed by atoms with Gasteiger partial charge in [-0.05, 0) is 31.9 Å². The maximum absolute atomic E-state index is 13.0. The molecule has 0 aliphatic heterocycles. The largest absolute Gasteiger partial charge is 0.491 e. The molecule has 0 saturated heterocycles. The van der Waals surface area contributed by atoms with Crippen molar-refractivity contribution in [3.05, 3.63) is 38.2 Å². The Balaban J connectivity index is 2.82. The van der Waals surface area contributed by atoms with E-state index in [4.69, 9.17) is 39.5 Å². The highest BCUT2D eigenvalue weighted by Gasteiger charge is 2.23. The number of hydrogen-bond acceptors (Lipinski definition) is 2. The molecule has 0 fully saturated rings. The molecule has 25 heavy (non-hydrogen) atoms. The maximum Gasteiger partial charge on any atom is 0.258 e. The van der Waals surface area contributed by atoms with Crippen molar-refractivity contribution in [1.82, 2.24) is 4.57 Å².